The maximum absolute atomic E-state index is 12.1. The fourth-order valence-electron chi connectivity index (χ4n) is 2.69. The lowest BCUT2D eigenvalue weighted by atomic mass is 10.1. The molecule has 0 heterocycles. The van der Waals surface area contributed by atoms with Crippen molar-refractivity contribution in [2.45, 2.75) is 25.4 Å². The zero-order valence-electron chi connectivity index (χ0n) is 11.4. The van der Waals surface area contributed by atoms with Gasteiger partial charge in [0, 0.05) is 18.6 Å². The molecule has 1 aliphatic rings. The number of aryl methyl sites for hydroxylation is 1. The first kappa shape index (κ1) is 13.1. The van der Waals surface area contributed by atoms with Crippen LogP contribution >= 0.6 is 0 Å². The van der Waals surface area contributed by atoms with Crippen LogP contribution in [0, 0.1) is 0 Å². The molecular formula is C18H18O2. The molecule has 1 aliphatic carbocycles. The lowest BCUT2D eigenvalue weighted by Crippen LogP contribution is -2.20. The number of carbonyl (C=O) groups excluding carboxylic acids is 1. The number of hydrogen-bond donors (Lipinski definition) is 0. The van der Waals surface area contributed by atoms with Crippen molar-refractivity contribution in [2.24, 2.45) is 0 Å². The Balaban J connectivity index is 1.48. The number of benzene rings is 2. The van der Waals surface area contributed by atoms with Gasteiger partial charge in [-0.3, -0.25) is 4.79 Å². The molecule has 3 rings (SSSR count). The van der Waals surface area contributed by atoms with Gasteiger partial charge in [0.2, 0.25) is 0 Å². The maximum atomic E-state index is 12.1. The molecule has 2 aromatic rings. The molecule has 0 aliphatic heterocycles. The van der Waals surface area contributed by atoms with E-state index in [1.807, 2.05) is 42.5 Å². The Morgan fingerprint density at radius 3 is 2.55 bits per heavy atom. The topological polar surface area (TPSA) is 26.3 Å². The minimum atomic E-state index is -0.275. The van der Waals surface area contributed by atoms with E-state index in [4.69, 9.17) is 4.74 Å². The third-order valence-electron chi connectivity index (χ3n) is 3.75. The van der Waals surface area contributed by atoms with Crippen LogP contribution in [0.5, 0.6) is 0 Å². The highest BCUT2D eigenvalue weighted by molar-refractivity contribution is 6.03. The van der Waals surface area contributed by atoms with Gasteiger partial charge in [-0.2, -0.15) is 0 Å². The van der Waals surface area contributed by atoms with E-state index in [1.165, 1.54) is 5.56 Å². The minimum absolute atomic E-state index is 0.139. The highest BCUT2D eigenvalue weighted by Gasteiger charge is 2.30. The summed E-state index contributed by atoms with van der Waals surface area (Å²) < 4.78 is 5.77. The predicted octanol–water partition coefficient (Wildman–Crippen LogP) is 3.44. The Kier molecular flexibility index (Phi) is 3.93. The van der Waals surface area contributed by atoms with Crippen molar-refractivity contribution in [3.05, 3.63) is 71.3 Å². The zero-order chi connectivity index (χ0) is 13.8. The minimum Gasteiger partial charge on any atom is -0.370 e. The van der Waals surface area contributed by atoms with Gasteiger partial charge in [-0.1, -0.05) is 54.6 Å². The van der Waals surface area contributed by atoms with Crippen molar-refractivity contribution in [1.82, 2.24) is 0 Å². The van der Waals surface area contributed by atoms with E-state index >= 15 is 0 Å². The van der Waals surface area contributed by atoms with E-state index in [0.717, 1.165) is 30.4 Å². The van der Waals surface area contributed by atoms with Crippen molar-refractivity contribution in [2.75, 3.05) is 6.61 Å². The zero-order valence-corrected chi connectivity index (χ0v) is 11.4. The highest BCUT2D eigenvalue weighted by Crippen LogP contribution is 2.24. The highest BCUT2D eigenvalue weighted by atomic mass is 16.5. The molecule has 1 unspecified atom stereocenters. The Bertz CT molecular complexity index is 589. The van der Waals surface area contributed by atoms with Crippen LogP contribution in [0.25, 0.3) is 0 Å². The average molecular weight is 266 g/mol. The van der Waals surface area contributed by atoms with Crippen LogP contribution in [0.2, 0.25) is 0 Å². The summed E-state index contributed by atoms with van der Waals surface area (Å²) in [5.74, 6) is 0.139. The van der Waals surface area contributed by atoms with Crippen molar-refractivity contribution in [3.8, 4) is 0 Å². The molecule has 0 radical (unpaired) electrons. The SMILES string of the molecule is O=C1c2ccccc2CC1OCCCc1ccccc1. The number of Topliss-reactive ketones (excluding diaryl/α,β-unsaturated/α-hetero) is 1. The summed E-state index contributed by atoms with van der Waals surface area (Å²) in [6.45, 7) is 0.638. The van der Waals surface area contributed by atoms with E-state index in [9.17, 15) is 4.79 Å². The second-order valence-corrected chi connectivity index (χ2v) is 5.17. The van der Waals surface area contributed by atoms with Crippen molar-refractivity contribution < 1.29 is 9.53 Å². The van der Waals surface area contributed by atoms with Gasteiger partial charge < -0.3 is 4.74 Å². The number of fused-ring (bicyclic) bond motifs is 1. The van der Waals surface area contributed by atoms with Crippen LogP contribution in [-0.4, -0.2) is 18.5 Å². The quantitative estimate of drug-likeness (QED) is 0.775. The summed E-state index contributed by atoms with van der Waals surface area (Å²) in [6, 6.07) is 18.2. The summed E-state index contributed by atoms with van der Waals surface area (Å²) in [6.07, 6.45) is 2.39. The maximum Gasteiger partial charge on any atom is 0.192 e. The second kappa shape index (κ2) is 6.02. The first-order chi connectivity index (χ1) is 9.84. The summed E-state index contributed by atoms with van der Waals surface area (Å²) in [5.41, 5.74) is 3.27. The summed E-state index contributed by atoms with van der Waals surface area (Å²) in [7, 11) is 0. The third-order valence-corrected chi connectivity index (χ3v) is 3.75. The largest absolute Gasteiger partial charge is 0.370 e. The molecule has 0 spiro atoms. The summed E-state index contributed by atoms with van der Waals surface area (Å²) in [4.78, 5) is 12.1. The molecule has 2 aromatic carbocycles. The third kappa shape index (κ3) is 2.81. The van der Waals surface area contributed by atoms with Crippen LogP contribution < -0.4 is 0 Å². The predicted molar refractivity (Wildman–Crippen MR) is 79.0 cm³/mol. The Morgan fingerprint density at radius 1 is 1.00 bits per heavy atom. The van der Waals surface area contributed by atoms with Crippen LogP contribution in [0.4, 0.5) is 0 Å². The molecule has 102 valence electrons. The fraction of sp³-hybridized carbons (Fsp3) is 0.278. The van der Waals surface area contributed by atoms with Gasteiger partial charge in [-0.25, -0.2) is 0 Å². The molecule has 0 bridgehead atoms. The molecule has 0 fully saturated rings. The van der Waals surface area contributed by atoms with E-state index in [0.29, 0.717) is 6.61 Å². The van der Waals surface area contributed by atoms with Gasteiger partial charge in [0.15, 0.2) is 5.78 Å². The van der Waals surface area contributed by atoms with Crippen LogP contribution in [-0.2, 0) is 17.6 Å². The molecule has 20 heavy (non-hydrogen) atoms. The van der Waals surface area contributed by atoms with Crippen LogP contribution in [0.15, 0.2) is 54.6 Å². The molecule has 0 aromatic heterocycles. The molecule has 0 N–H and O–H groups in total. The molecular weight excluding hydrogens is 248 g/mol. The van der Waals surface area contributed by atoms with Gasteiger partial charge in [0.25, 0.3) is 0 Å². The monoisotopic (exact) mass is 266 g/mol. The van der Waals surface area contributed by atoms with E-state index in [2.05, 4.69) is 12.1 Å². The Morgan fingerprint density at radius 2 is 1.75 bits per heavy atom. The van der Waals surface area contributed by atoms with Crippen molar-refractivity contribution in [3.63, 3.8) is 0 Å². The number of ether oxygens (including phenoxy) is 1. The molecule has 0 saturated heterocycles. The van der Waals surface area contributed by atoms with Gasteiger partial charge in [0.1, 0.15) is 6.10 Å². The number of ketones is 1. The molecule has 0 saturated carbocycles. The van der Waals surface area contributed by atoms with Gasteiger partial charge >= 0.3 is 0 Å². The van der Waals surface area contributed by atoms with Crippen molar-refractivity contribution >= 4 is 5.78 Å². The summed E-state index contributed by atoms with van der Waals surface area (Å²) in [5, 5.41) is 0. The number of hydrogen-bond acceptors (Lipinski definition) is 2. The van der Waals surface area contributed by atoms with Gasteiger partial charge in [0.05, 0.1) is 0 Å². The van der Waals surface area contributed by atoms with Crippen molar-refractivity contribution in [1.29, 1.82) is 0 Å². The van der Waals surface area contributed by atoms with E-state index in [1.54, 1.807) is 0 Å². The number of carbonyl (C=O) groups is 1. The second-order valence-electron chi connectivity index (χ2n) is 5.17. The summed E-state index contributed by atoms with van der Waals surface area (Å²) >= 11 is 0. The molecule has 2 heteroatoms. The molecule has 1 atom stereocenters. The van der Waals surface area contributed by atoms with E-state index < -0.39 is 0 Å². The van der Waals surface area contributed by atoms with Gasteiger partial charge in [-0.15, -0.1) is 0 Å². The fourth-order valence-corrected chi connectivity index (χ4v) is 2.69. The first-order valence-electron chi connectivity index (χ1n) is 7.12. The smallest absolute Gasteiger partial charge is 0.192 e. The Labute approximate surface area is 119 Å². The Hall–Kier alpha value is -1.93. The molecule has 0 amide bonds. The number of rotatable bonds is 5. The van der Waals surface area contributed by atoms with E-state index in [-0.39, 0.29) is 11.9 Å². The lowest BCUT2D eigenvalue weighted by Gasteiger charge is -2.09. The normalized spacial score (nSPS) is 17.2. The van der Waals surface area contributed by atoms with Crippen LogP contribution in [0.1, 0.15) is 27.9 Å². The standard InChI is InChI=1S/C18H18O2/c19-18-16-11-5-4-10-15(16)13-17(18)20-12-6-9-14-7-2-1-3-8-14/h1-5,7-8,10-11,17H,6,9,12-13H2. The van der Waals surface area contributed by atoms with Gasteiger partial charge in [-0.05, 0) is 24.0 Å². The van der Waals surface area contributed by atoms with Crippen LogP contribution in [0.3, 0.4) is 0 Å². The average Bonchev–Trinajstić information content (AvgIpc) is 2.82. The lowest BCUT2D eigenvalue weighted by molar-refractivity contribution is 0.0447. The molecule has 2 nitrogen and oxygen atoms in total. The first-order valence-corrected chi connectivity index (χ1v) is 7.12.